The normalized spacial score (nSPS) is 14.8. The number of aryl methyl sites for hydroxylation is 1. The molecule has 1 amide bonds. The summed E-state index contributed by atoms with van der Waals surface area (Å²) in [5.41, 5.74) is 8.15. The third-order valence-electron chi connectivity index (χ3n) is 5.75. The van der Waals surface area contributed by atoms with Crippen molar-refractivity contribution in [2.24, 2.45) is 0 Å². The molecule has 0 bridgehead atoms. The highest BCUT2D eigenvalue weighted by atomic mass is 35.5. The highest BCUT2D eigenvalue weighted by molar-refractivity contribution is 7.89. The Kier molecular flexibility index (Phi) is 8.39. The molecule has 3 N–H and O–H groups in total. The number of nitrogens with zero attached hydrogens (tertiary/aromatic N) is 5. The standard InChI is InChI=1S/C23H27N7O3S.ClH/c1-3-16-13-17(6-7-20(16)34(32,33)30-11-9-29(2)10-12-30)19-15-26-22(24)21(28-19)23(31)27-18-5-4-8-25-14-18;/h4-8,13-15H,3,9-12H2,1-2H3,(H2,24,26)(H,27,31);1H. The average molecular weight is 518 g/mol. The number of halogens is 1. The first kappa shape index (κ1) is 26.5. The van der Waals surface area contributed by atoms with Gasteiger partial charge >= 0.3 is 0 Å². The number of nitrogens with one attached hydrogen (secondary N) is 1. The topological polar surface area (TPSA) is 134 Å². The van der Waals surface area contributed by atoms with Crippen LogP contribution < -0.4 is 11.1 Å². The van der Waals surface area contributed by atoms with Crippen LogP contribution in [0, 0.1) is 0 Å². The van der Waals surface area contributed by atoms with Crippen molar-refractivity contribution in [3.63, 3.8) is 0 Å². The minimum Gasteiger partial charge on any atom is -0.382 e. The molecule has 3 heterocycles. The molecule has 1 aliphatic heterocycles. The molecule has 0 radical (unpaired) electrons. The SMILES string of the molecule is CCc1cc(-c2cnc(N)c(C(=O)Nc3cccnc3)n2)ccc1S(=O)(=O)N1CCN(C)CC1.Cl. The maximum atomic E-state index is 13.3. The van der Waals surface area contributed by atoms with Crippen LogP contribution >= 0.6 is 12.4 Å². The summed E-state index contributed by atoms with van der Waals surface area (Å²) in [6, 6.07) is 8.48. The Bertz CT molecular complexity index is 1300. The van der Waals surface area contributed by atoms with E-state index < -0.39 is 15.9 Å². The number of rotatable bonds is 6. The second-order valence-corrected chi connectivity index (χ2v) is 9.97. The minimum absolute atomic E-state index is 0. The number of aromatic nitrogens is 3. The average Bonchev–Trinajstić information content (AvgIpc) is 2.84. The maximum Gasteiger partial charge on any atom is 0.278 e. The van der Waals surface area contributed by atoms with Gasteiger partial charge < -0.3 is 16.0 Å². The summed E-state index contributed by atoms with van der Waals surface area (Å²) in [4.78, 5) is 27.6. The number of hydrogen-bond donors (Lipinski definition) is 2. The van der Waals surface area contributed by atoms with E-state index in [9.17, 15) is 13.2 Å². The fourth-order valence-corrected chi connectivity index (χ4v) is 5.46. The van der Waals surface area contributed by atoms with Gasteiger partial charge in [0, 0.05) is 37.9 Å². The van der Waals surface area contributed by atoms with Crippen molar-refractivity contribution in [2.45, 2.75) is 18.2 Å². The molecule has 0 aliphatic carbocycles. The number of piperazine rings is 1. The Balaban J connectivity index is 0.00000342. The molecule has 2 aromatic heterocycles. The summed E-state index contributed by atoms with van der Waals surface area (Å²) in [6.07, 6.45) is 5.11. The second kappa shape index (κ2) is 11.1. The van der Waals surface area contributed by atoms with Crippen molar-refractivity contribution in [2.75, 3.05) is 44.3 Å². The molecule has 12 heteroatoms. The van der Waals surface area contributed by atoms with Gasteiger partial charge in [0.15, 0.2) is 11.5 Å². The molecule has 1 aliphatic rings. The van der Waals surface area contributed by atoms with E-state index in [0.29, 0.717) is 60.0 Å². The van der Waals surface area contributed by atoms with Crippen molar-refractivity contribution in [1.29, 1.82) is 0 Å². The van der Waals surface area contributed by atoms with Gasteiger partial charge in [0.1, 0.15) is 0 Å². The number of carbonyl (C=O) groups excluding carboxylic acids is 1. The molecule has 1 aromatic carbocycles. The number of benzene rings is 1. The number of sulfonamides is 1. The lowest BCUT2D eigenvalue weighted by molar-refractivity contribution is 0.102. The third-order valence-corrected chi connectivity index (χ3v) is 7.75. The first-order valence-corrected chi connectivity index (χ1v) is 12.4. The third kappa shape index (κ3) is 5.76. The lowest BCUT2D eigenvalue weighted by Crippen LogP contribution is -2.47. The molecule has 186 valence electrons. The van der Waals surface area contributed by atoms with Gasteiger partial charge in [0.2, 0.25) is 10.0 Å². The quantitative estimate of drug-likeness (QED) is 0.508. The number of nitrogens with two attached hydrogens (primary N) is 1. The largest absolute Gasteiger partial charge is 0.382 e. The molecule has 35 heavy (non-hydrogen) atoms. The lowest BCUT2D eigenvalue weighted by Gasteiger charge is -2.32. The van der Waals surface area contributed by atoms with Crippen LogP contribution in [0.3, 0.4) is 0 Å². The predicted molar refractivity (Wildman–Crippen MR) is 137 cm³/mol. The Labute approximate surface area is 211 Å². The van der Waals surface area contributed by atoms with E-state index in [1.54, 1.807) is 36.5 Å². The van der Waals surface area contributed by atoms with Gasteiger partial charge in [-0.05, 0) is 43.3 Å². The van der Waals surface area contributed by atoms with E-state index in [2.05, 4.69) is 25.2 Å². The summed E-state index contributed by atoms with van der Waals surface area (Å²) in [5.74, 6) is -0.514. The van der Waals surface area contributed by atoms with Gasteiger partial charge in [-0.3, -0.25) is 9.78 Å². The molecule has 1 fully saturated rings. The molecule has 4 rings (SSSR count). The smallest absolute Gasteiger partial charge is 0.278 e. The van der Waals surface area contributed by atoms with Crippen LogP contribution in [-0.2, 0) is 16.4 Å². The predicted octanol–water partition coefficient (Wildman–Crippen LogP) is 2.29. The number of likely N-dealkylation sites (N-methyl/N-ethyl adjacent to an activating group) is 1. The van der Waals surface area contributed by atoms with Crippen molar-refractivity contribution < 1.29 is 13.2 Å². The highest BCUT2D eigenvalue weighted by Gasteiger charge is 2.29. The van der Waals surface area contributed by atoms with E-state index in [1.807, 2.05) is 14.0 Å². The zero-order valence-electron chi connectivity index (χ0n) is 19.5. The monoisotopic (exact) mass is 517 g/mol. The van der Waals surface area contributed by atoms with E-state index >= 15 is 0 Å². The first-order valence-electron chi connectivity index (χ1n) is 11.0. The Morgan fingerprint density at radius 3 is 2.54 bits per heavy atom. The number of pyridine rings is 1. The zero-order chi connectivity index (χ0) is 24.3. The molecule has 0 unspecified atom stereocenters. The van der Waals surface area contributed by atoms with Crippen molar-refractivity contribution in [1.82, 2.24) is 24.2 Å². The molecule has 10 nitrogen and oxygen atoms in total. The Hall–Kier alpha value is -3.12. The van der Waals surface area contributed by atoms with Gasteiger partial charge in [0.05, 0.1) is 28.7 Å². The highest BCUT2D eigenvalue weighted by Crippen LogP contribution is 2.27. The van der Waals surface area contributed by atoms with Crippen LogP contribution in [0.5, 0.6) is 0 Å². The van der Waals surface area contributed by atoms with Crippen molar-refractivity contribution in [3.05, 3.63) is 60.2 Å². The van der Waals surface area contributed by atoms with Crippen LogP contribution in [-0.4, -0.2) is 71.7 Å². The Morgan fingerprint density at radius 1 is 1.14 bits per heavy atom. The molecule has 1 saturated heterocycles. The molecule has 0 atom stereocenters. The Morgan fingerprint density at radius 2 is 1.89 bits per heavy atom. The van der Waals surface area contributed by atoms with Crippen LogP contribution in [0.25, 0.3) is 11.3 Å². The van der Waals surface area contributed by atoms with E-state index in [-0.39, 0.29) is 23.9 Å². The zero-order valence-corrected chi connectivity index (χ0v) is 21.1. The van der Waals surface area contributed by atoms with E-state index in [0.717, 1.165) is 0 Å². The summed E-state index contributed by atoms with van der Waals surface area (Å²) >= 11 is 0. The summed E-state index contributed by atoms with van der Waals surface area (Å²) < 4.78 is 28.1. The maximum absolute atomic E-state index is 13.3. The van der Waals surface area contributed by atoms with Gasteiger partial charge in [-0.15, -0.1) is 12.4 Å². The molecule has 0 saturated carbocycles. The molecule has 3 aromatic rings. The molecular formula is C23H28ClN7O3S. The fraction of sp³-hybridized carbons (Fsp3) is 0.304. The lowest BCUT2D eigenvalue weighted by atomic mass is 10.1. The van der Waals surface area contributed by atoms with Gasteiger partial charge in [0.25, 0.3) is 5.91 Å². The van der Waals surface area contributed by atoms with Gasteiger partial charge in [-0.1, -0.05) is 13.0 Å². The number of hydrogen-bond acceptors (Lipinski definition) is 8. The van der Waals surface area contributed by atoms with E-state index in [4.69, 9.17) is 5.73 Å². The van der Waals surface area contributed by atoms with E-state index in [1.165, 1.54) is 16.7 Å². The molecular weight excluding hydrogens is 490 g/mol. The van der Waals surface area contributed by atoms with Gasteiger partial charge in [-0.2, -0.15) is 4.31 Å². The molecule has 0 spiro atoms. The fourth-order valence-electron chi connectivity index (χ4n) is 3.77. The number of anilines is 2. The summed E-state index contributed by atoms with van der Waals surface area (Å²) in [6.45, 7) is 4.22. The summed E-state index contributed by atoms with van der Waals surface area (Å²) in [7, 11) is -1.63. The number of amides is 1. The van der Waals surface area contributed by atoms with Crippen molar-refractivity contribution in [3.8, 4) is 11.3 Å². The van der Waals surface area contributed by atoms with Crippen LogP contribution in [0.15, 0.2) is 53.8 Å². The summed E-state index contributed by atoms with van der Waals surface area (Å²) in [5, 5.41) is 2.70. The van der Waals surface area contributed by atoms with Crippen LogP contribution in [0.2, 0.25) is 0 Å². The van der Waals surface area contributed by atoms with Crippen LogP contribution in [0.4, 0.5) is 11.5 Å². The van der Waals surface area contributed by atoms with Crippen molar-refractivity contribution >= 4 is 39.8 Å². The van der Waals surface area contributed by atoms with Gasteiger partial charge in [-0.25, -0.2) is 18.4 Å². The van der Waals surface area contributed by atoms with Crippen LogP contribution in [0.1, 0.15) is 23.0 Å². The minimum atomic E-state index is -3.61. The number of nitrogen functional groups attached to an aromatic ring is 1. The number of carbonyl (C=O) groups is 1. The first-order chi connectivity index (χ1) is 16.3. The second-order valence-electron chi connectivity index (χ2n) is 8.07.